The molecule has 120 valence electrons. The van der Waals surface area contributed by atoms with Crippen molar-refractivity contribution < 1.29 is 14.8 Å². The van der Waals surface area contributed by atoms with Crippen molar-refractivity contribution in [3.8, 4) is 0 Å². The number of carbonyl (C=O) groups excluding carboxylic acids is 1. The molecule has 0 aliphatic carbocycles. The highest BCUT2D eigenvalue weighted by molar-refractivity contribution is 5.93. The van der Waals surface area contributed by atoms with Crippen molar-refractivity contribution in [2.75, 3.05) is 37.6 Å². The highest BCUT2D eigenvalue weighted by Crippen LogP contribution is 2.19. The van der Waals surface area contributed by atoms with Gasteiger partial charge in [0.25, 0.3) is 0 Å². The van der Waals surface area contributed by atoms with Crippen LogP contribution in [-0.4, -0.2) is 38.7 Å². The van der Waals surface area contributed by atoms with Crippen LogP contribution in [0.5, 0.6) is 0 Å². The number of carboxylic acid groups (broad SMARTS) is 1. The lowest BCUT2D eigenvalue weighted by Crippen LogP contribution is -3.15. The van der Waals surface area contributed by atoms with Crippen LogP contribution in [0.25, 0.3) is 0 Å². The van der Waals surface area contributed by atoms with Gasteiger partial charge in [0.05, 0.1) is 38.7 Å². The first-order valence-electron chi connectivity index (χ1n) is 8.17. The molecular formula is C19H22N2O2. The van der Waals surface area contributed by atoms with Crippen LogP contribution in [-0.2, 0) is 6.42 Å². The molecule has 0 amide bonds. The van der Waals surface area contributed by atoms with E-state index in [1.54, 1.807) is 17.0 Å². The second-order valence-corrected chi connectivity index (χ2v) is 6.03. The number of quaternary nitrogens is 1. The number of hydrogen-bond acceptors (Lipinski definition) is 3. The number of carbonyl (C=O) groups is 1. The van der Waals surface area contributed by atoms with E-state index in [4.69, 9.17) is 0 Å². The second-order valence-electron chi connectivity index (χ2n) is 6.03. The molecule has 1 saturated heterocycles. The lowest BCUT2D eigenvalue weighted by Gasteiger charge is -2.34. The van der Waals surface area contributed by atoms with Gasteiger partial charge >= 0.3 is 0 Å². The van der Waals surface area contributed by atoms with E-state index >= 15 is 0 Å². The number of nitrogens with one attached hydrogen (secondary N) is 1. The molecular weight excluding hydrogens is 288 g/mol. The molecule has 0 saturated carbocycles. The summed E-state index contributed by atoms with van der Waals surface area (Å²) in [6.45, 7) is 4.96. The maximum Gasteiger partial charge on any atom is 0.0949 e. The van der Waals surface area contributed by atoms with Gasteiger partial charge in [-0.2, -0.15) is 0 Å². The van der Waals surface area contributed by atoms with Gasteiger partial charge in [-0.15, -0.1) is 0 Å². The molecule has 0 radical (unpaired) electrons. The van der Waals surface area contributed by atoms with Crippen LogP contribution >= 0.6 is 0 Å². The fraction of sp³-hybridized carbons (Fsp3) is 0.316. The number of para-hydroxylation sites is 1. The third-order valence-corrected chi connectivity index (χ3v) is 4.55. The monoisotopic (exact) mass is 310 g/mol. The van der Waals surface area contributed by atoms with Crippen LogP contribution < -0.4 is 14.9 Å². The van der Waals surface area contributed by atoms with Gasteiger partial charge in [0.2, 0.25) is 0 Å². The summed E-state index contributed by atoms with van der Waals surface area (Å²) < 4.78 is 0. The maximum atomic E-state index is 11.2. The number of piperazine rings is 1. The van der Waals surface area contributed by atoms with Gasteiger partial charge in [-0.1, -0.05) is 48.5 Å². The van der Waals surface area contributed by atoms with Crippen molar-refractivity contribution in [2.45, 2.75) is 6.42 Å². The normalized spacial score (nSPS) is 15.6. The maximum absolute atomic E-state index is 11.2. The van der Waals surface area contributed by atoms with Crippen molar-refractivity contribution >= 4 is 11.7 Å². The lowest BCUT2D eigenvalue weighted by molar-refractivity contribution is -0.900. The Morgan fingerprint density at radius 2 is 1.65 bits per heavy atom. The Hall–Kier alpha value is -2.33. The summed E-state index contributed by atoms with van der Waals surface area (Å²) in [7, 11) is 0. The van der Waals surface area contributed by atoms with Gasteiger partial charge in [0.15, 0.2) is 0 Å². The summed E-state index contributed by atoms with van der Waals surface area (Å²) in [6.07, 6.45) is 1.09. The summed E-state index contributed by atoms with van der Waals surface area (Å²) in [6, 6.07) is 17.7. The molecule has 23 heavy (non-hydrogen) atoms. The quantitative estimate of drug-likeness (QED) is 0.845. The summed E-state index contributed by atoms with van der Waals surface area (Å²) in [5.74, 6) is -1.10. The molecule has 0 atom stereocenters. The largest absolute Gasteiger partial charge is 0.545 e. The van der Waals surface area contributed by atoms with Crippen LogP contribution in [0.2, 0.25) is 0 Å². The Balaban J connectivity index is 1.55. The molecule has 0 aromatic heterocycles. The van der Waals surface area contributed by atoms with E-state index in [1.165, 1.54) is 5.56 Å². The smallest absolute Gasteiger partial charge is 0.0949 e. The Morgan fingerprint density at radius 1 is 1.00 bits per heavy atom. The molecule has 4 heteroatoms. The van der Waals surface area contributed by atoms with Crippen molar-refractivity contribution in [3.63, 3.8) is 0 Å². The Bertz CT molecular complexity index is 649. The molecule has 0 bridgehead atoms. The molecule has 1 fully saturated rings. The summed E-state index contributed by atoms with van der Waals surface area (Å²) in [5, 5.41) is 11.2. The highest BCUT2D eigenvalue weighted by Gasteiger charge is 2.21. The Morgan fingerprint density at radius 3 is 2.35 bits per heavy atom. The van der Waals surface area contributed by atoms with E-state index in [2.05, 4.69) is 29.2 Å². The summed E-state index contributed by atoms with van der Waals surface area (Å²) in [5.41, 5.74) is 2.46. The summed E-state index contributed by atoms with van der Waals surface area (Å²) in [4.78, 5) is 15.0. The Labute approximate surface area is 137 Å². The van der Waals surface area contributed by atoms with Gasteiger partial charge in [-0.3, -0.25) is 0 Å². The number of anilines is 1. The number of hydrogen-bond donors (Lipinski definition) is 1. The van der Waals surface area contributed by atoms with E-state index in [9.17, 15) is 9.90 Å². The molecule has 1 heterocycles. The SMILES string of the molecule is O=C([O-])c1ccccc1N1CC[NH+](CCc2ccccc2)CC1. The molecule has 1 N–H and O–H groups in total. The van der Waals surface area contributed by atoms with Gasteiger partial charge in [-0.25, -0.2) is 0 Å². The summed E-state index contributed by atoms with van der Waals surface area (Å²) >= 11 is 0. The average Bonchev–Trinajstić information content (AvgIpc) is 2.61. The minimum Gasteiger partial charge on any atom is -0.545 e. The average molecular weight is 310 g/mol. The molecule has 0 unspecified atom stereocenters. The zero-order valence-electron chi connectivity index (χ0n) is 13.2. The number of nitrogens with zero attached hydrogens (tertiary/aromatic N) is 1. The zero-order chi connectivity index (χ0) is 16.1. The van der Waals surface area contributed by atoms with Crippen LogP contribution in [0.15, 0.2) is 54.6 Å². The predicted molar refractivity (Wildman–Crippen MR) is 88.7 cm³/mol. The van der Waals surface area contributed by atoms with Gasteiger partial charge in [-0.05, 0) is 11.6 Å². The predicted octanol–water partition coefficient (Wildman–Crippen LogP) is -0.00230. The number of aromatic carboxylic acids is 1. The fourth-order valence-electron chi connectivity index (χ4n) is 3.20. The minimum atomic E-state index is -1.10. The van der Waals surface area contributed by atoms with E-state index in [-0.39, 0.29) is 0 Å². The molecule has 0 spiro atoms. The van der Waals surface area contributed by atoms with Crippen molar-refractivity contribution in [1.29, 1.82) is 0 Å². The van der Waals surface area contributed by atoms with Crippen LogP contribution in [0, 0.1) is 0 Å². The molecule has 3 rings (SSSR count). The van der Waals surface area contributed by atoms with Crippen molar-refractivity contribution in [3.05, 3.63) is 65.7 Å². The van der Waals surface area contributed by atoms with Crippen LogP contribution in [0.4, 0.5) is 5.69 Å². The fourth-order valence-corrected chi connectivity index (χ4v) is 3.20. The van der Waals surface area contributed by atoms with E-state index in [0.717, 1.165) is 44.8 Å². The van der Waals surface area contributed by atoms with Crippen molar-refractivity contribution in [2.24, 2.45) is 0 Å². The zero-order valence-corrected chi connectivity index (χ0v) is 13.2. The molecule has 2 aromatic rings. The molecule has 1 aliphatic rings. The van der Waals surface area contributed by atoms with Crippen molar-refractivity contribution in [1.82, 2.24) is 0 Å². The topological polar surface area (TPSA) is 47.8 Å². The third-order valence-electron chi connectivity index (χ3n) is 4.55. The first-order chi connectivity index (χ1) is 11.2. The third kappa shape index (κ3) is 3.90. The van der Waals surface area contributed by atoms with Gasteiger partial charge < -0.3 is 19.7 Å². The van der Waals surface area contributed by atoms with Gasteiger partial charge in [0.1, 0.15) is 0 Å². The first-order valence-corrected chi connectivity index (χ1v) is 8.17. The van der Waals surface area contributed by atoms with E-state index in [1.807, 2.05) is 18.2 Å². The Kier molecular flexibility index (Phi) is 4.93. The highest BCUT2D eigenvalue weighted by atomic mass is 16.4. The van der Waals surface area contributed by atoms with Crippen LogP contribution in [0.1, 0.15) is 15.9 Å². The molecule has 4 nitrogen and oxygen atoms in total. The second kappa shape index (κ2) is 7.29. The number of benzene rings is 2. The van der Waals surface area contributed by atoms with E-state index in [0.29, 0.717) is 5.56 Å². The number of carboxylic acids is 1. The standard InChI is InChI=1S/C19H22N2O2/c22-19(23)17-8-4-5-9-18(17)21-14-12-20(13-15-21)11-10-16-6-2-1-3-7-16/h1-9H,10-15H2,(H,22,23). The number of rotatable bonds is 5. The van der Waals surface area contributed by atoms with Crippen LogP contribution in [0.3, 0.4) is 0 Å². The minimum absolute atomic E-state index is 0.292. The first kappa shape index (κ1) is 15.6. The molecule has 1 aliphatic heterocycles. The van der Waals surface area contributed by atoms with E-state index < -0.39 is 5.97 Å². The lowest BCUT2D eigenvalue weighted by atomic mass is 10.1. The molecule has 2 aromatic carbocycles. The van der Waals surface area contributed by atoms with Gasteiger partial charge in [0, 0.05) is 17.7 Å².